The maximum absolute atomic E-state index is 14.6. The van der Waals surface area contributed by atoms with Gasteiger partial charge in [-0.05, 0) is 51.8 Å². The van der Waals surface area contributed by atoms with Crippen LogP contribution < -0.4 is 10.1 Å². The molecule has 6 nitrogen and oxygen atoms in total. The van der Waals surface area contributed by atoms with Crippen LogP contribution in [0.15, 0.2) is 59.3 Å². The molecule has 0 bridgehead atoms. The van der Waals surface area contributed by atoms with Crippen LogP contribution >= 0.6 is 15.9 Å². The summed E-state index contributed by atoms with van der Waals surface area (Å²) in [5, 5.41) is 14.5. The number of ether oxygens (including phenoxy) is 1. The number of aliphatic hydroxyl groups excluding tert-OH is 1. The minimum Gasteiger partial charge on any atom is -0.497 e. The van der Waals surface area contributed by atoms with Crippen LogP contribution in [0.3, 0.4) is 0 Å². The van der Waals surface area contributed by atoms with E-state index >= 15 is 0 Å². The Hall–Kier alpha value is -2.97. The van der Waals surface area contributed by atoms with Crippen molar-refractivity contribution in [1.29, 1.82) is 0 Å². The Morgan fingerprint density at radius 1 is 1.16 bits per heavy atom. The highest BCUT2D eigenvalue weighted by Crippen LogP contribution is 2.31. The number of aromatic amines is 1. The zero-order valence-corrected chi connectivity index (χ0v) is 19.1. The molecule has 0 aliphatic carbocycles. The van der Waals surface area contributed by atoms with Gasteiger partial charge in [0.15, 0.2) is 0 Å². The molecule has 1 aromatic carbocycles. The van der Waals surface area contributed by atoms with Gasteiger partial charge in [-0.1, -0.05) is 26.0 Å². The van der Waals surface area contributed by atoms with Crippen LogP contribution in [0.1, 0.15) is 36.6 Å². The lowest BCUT2D eigenvalue weighted by atomic mass is 10.0. The van der Waals surface area contributed by atoms with Gasteiger partial charge in [0, 0.05) is 39.9 Å². The van der Waals surface area contributed by atoms with Gasteiger partial charge < -0.3 is 20.1 Å². The number of aliphatic hydroxyl groups is 1. The van der Waals surface area contributed by atoms with Gasteiger partial charge in [-0.25, -0.2) is 9.97 Å². The monoisotopic (exact) mass is 486 g/mol. The molecule has 0 aliphatic heterocycles. The average Bonchev–Trinajstić information content (AvgIpc) is 3.22. The second-order valence-corrected chi connectivity index (χ2v) is 7.39. The third kappa shape index (κ3) is 5.21. The second-order valence-electron chi connectivity index (χ2n) is 6.47. The quantitative estimate of drug-likeness (QED) is 0.309. The zero-order valence-electron chi connectivity index (χ0n) is 17.5. The first kappa shape index (κ1) is 22.7. The number of pyridine rings is 2. The molecule has 0 saturated carbocycles. The molecule has 0 radical (unpaired) electrons. The van der Waals surface area contributed by atoms with Crippen molar-refractivity contribution in [1.82, 2.24) is 15.0 Å². The van der Waals surface area contributed by atoms with Crippen LogP contribution in [0, 0.1) is 5.95 Å². The minimum atomic E-state index is -1.16. The fourth-order valence-electron chi connectivity index (χ4n) is 3.08. The number of nitrogens with zero attached hydrogens (tertiary/aromatic N) is 2. The summed E-state index contributed by atoms with van der Waals surface area (Å²) in [5.41, 5.74) is 2.26. The van der Waals surface area contributed by atoms with Gasteiger partial charge in [-0.3, -0.25) is 0 Å². The molecule has 0 fully saturated rings. The SMILES string of the molecule is CC.COc1ccc(CNc2ccc(C(O)c3c[nH]c4ncc(Br)cc34)c(F)n2)cc1. The molecule has 1 unspecified atom stereocenters. The topological polar surface area (TPSA) is 83.1 Å². The van der Waals surface area contributed by atoms with Gasteiger partial charge in [0.1, 0.15) is 23.3 Å². The fourth-order valence-corrected chi connectivity index (χ4v) is 3.41. The summed E-state index contributed by atoms with van der Waals surface area (Å²) in [6, 6.07) is 12.6. The molecule has 162 valence electrons. The van der Waals surface area contributed by atoms with E-state index in [4.69, 9.17) is 4.74 Å². The van der Waals surface area contributed by atoms with Crippen molar-refractivity contribution in [2.24, 2.45) is 0 Å². The van der Waals surface area contributed by atoms with Gasteiger partial charge in [-0.2, -0.15) is 4.39 Å². The van der Waals surface area contributed by atoms with E-state index in [0.717, 1.165) is 15.8 Å². The number of nitrogens with one attached hydrogen (secondary N) is 2. The molecule has 4 aromatic rings. The number of hydrogen-bond donors (Lipinski definition) is 3. The van der Waals surface area contributed by atoms with Crippen molar-refractivity contribution in [3.05, 3.63) is 82.0 Å². The van der Waals surface area contributed by atoms with Crippen molar-refractivity contribution in [3.8, 4) is 5.75 Å². The number of H-pyrrole nitrogens is 1. The summed E-state index contributed by atoms with van der Waals surface area (Å²) in [6.45, 7) is 4.49. The van der Waals surface area contributed by atoms with Crippen molar-refractivity contribution in [3.63, 3.8) is 0 Å². The Morgan fingerprint density at radius 3 is 2.58 bits per heavy atom. The molecule has 0 aliphatic rings. The number of halogens is 2. The smallest absolute Gasteiger partial charge is 0.220 e. The number of fused-ring (bicyclic) bond motifs is 1. The lowest BCUT2D eigenvalue weighted by Crippen LogP contribution is -2.07. The number of aromatic nitrogens is 3. The lowest BCUT2D eigenvalue weighted by molar-refractivity contribution is 0.215. The van der Waals surface area contributed by atoms with E-state index in [0.29, 0.717) is 29.0 Å². The normalized spacial score (nSPS) is 11.5. The number of methoxy groups -OCH3 is 1. The maximum atomic E-state index is 14.6. The highest BCUT2D eigenvalue weighted by molar-refractivity contribution is 9.10. The van der Waals surface area contributed by atoms with Crippen LogP contribution in [-0.4, -0.2) is 27.2 Å². The standard InChI is InChI=1S/C21H18BrFN4O2.C2H6/c1-29-14-4-2-12(3-5-14)9-24-18-7-6-15(20(23)27-18)19(28)17-11-26-21-16(17)8-13(22)10-25-21;1-2/h2-8,10-11,19,28H,9H2,1H3,(H,24,27)(H,25,26);1-2H3. The summed E-state index contributed by atoms with van der Waals surface area (Å²) < 4.78 is 20.5. The van der Waals surface area contributed by atoms with E-state index in [1.54, 1.807) is 25.6 Å². The number of benzene rings is 1. The molecule has 0 saturated heterocycles. The first-order chi connectivity index (χ1) is 15.0. The highest BCUT2D eigenvalue weighted by Gasteiger charge is 2.20. The Kier molecular flexibility index (Phi) is 7.59. The predicted molar refractivity (Wildman–Crippen MR) is 124 cm³/mol. The van der Waals surface area contributed by atoms with E-state index in [-0.39, 0.29) is 5.56 Å². The molecule has 3 aromatic heterocycles. The summed E-state index contributed by atoms with van der Waals surface area (Å²) >= 11 is 3.37. The van der Waals surface area contributed by atoms with Crippen molar-refractivity contribution < 1.29 is 14.2 Å². The average molecular weight is 487 g/mol. The van der Waals surface area contributed by atoms with Crippen LogP contribution in [0.5, 0.6) is 5.75 Å². The molecule has 1 atom stereocenters. The molecular formula is C23H24BrFN4O2. The molecule has 3 heterocycles. The molecule has 8 heteroatoms. The number of anilines is 1. The van der Waals surface area contributed by atoms with Crippen molar-refractivity contribution in [2.45, 2.75) is 26.5 Å². The van der Waals surface area contributed by atoms with Crippen LogP contribution in [0.2, 0.25) is 0 Å². The van der Waals surface area contributed by atoms with E-state index in [2.05, 4.69) is 36.2 Å². The Morgan fingerprint density at radius 2 is 1.90 bits per heavy atom. The first-order valence-electron chi connectivity index (χ1n) is 9.89. The van der Waals surface area contributed by atoms with Crippen LogP contribution in [0.4, 0.5) is 10.2 Å². The van der Waals surface area contributed by atoms with Gasteiger partial charge in [0.2, 0.25) is 5.95 Å². The number of hydrogen-bond acceptors (Lipinski definition) is 5. The van der Waals surface area contributed by atoms with E-state index < -0.39 is 12.1 Å². The van der Waals surface area contributed by atoms with Crippen molar-refractivity contribution in [2.75, 3.05) is 12.4 Å². The molecule has 4 rings (SSSR count). The number of rotatable bonds is 6. The van der Waals surface area contributed by atoms with Gasteiger partial charge in [0.25, 0.3) is 0 Å². The molecule has 31 heavy (non-hydrogen) atoms. The molecule has 0 spiro atoms. The van der Waals surface area contributed by atoms with Crippen molar-refractivity contribution >= 4 is 32.8 Å². The zero-order chi connectivity index (χ0) is 22.4. The third-order valence-corrected chi connectivity index (χ3v) is 5.06. The summed E-state index contributed by atoms with van der Waals surface area (Å²) in [7, 11) is 1.61. The van der Waals surface area contributed by atoms with Gasteiger partial charge >= 0.3 is 0 Å². The largest absolute Gasteiger partial charge is 0.497 e. The first-order valence-corrected chi connectivity index (χ1v) is 10.7. The minimum absolute atomic E-state index is 0.0980. The molecular weight excluding hydrogens is 463 g/mol. The van der Waals surface area contributed by atoms with E-state index in [9.17, 15) is 9.50 Å². The van der Waals surface area contributed by atoms with Crippen LogP contribution in [0.25, 0.3) is 11.0 Å². The Balaban J connectivity index is 0.00000132. The highest BCUT2D eigenvalue weighted by atomic mass is 79.9. The van der Waals surface area contributed by atoms with E-state index in [1.807, 2.05) is 44.2 Å². The third-order valence-electron chi connectivity index (χ3n) is 4.63. The summed E-state index contributed by atoms with van der Waals surface area (Å²) in [4.78, 5) is 11.2. The maximum Gasteiger partial charge on any atom is 0.220 e. The predicted octanol–water partition coefficient (Wildman–Crippen LogP) is 5.59. The fraction of sp³-hybridized carbons (Fsp3) is 0.217. The Labute approximate surface area is 188 Å². The second kappa shape index (κ2) is 10.4. The summed E-state index contributed by atoms with van der Waals surface area (Å²) in [6.07, 6.45) is 2.12. The molecule has 0 amide bonds. The van der Waals surface area contributed by atoms with Crippen LogP contribution in [-0.2, 0) is 6.54 Å². The van der Waals surface area contributed by atoms with E-state index in [1.165, 1.54) is 6.07 Å². The van der Waals surface area contributed by atoms with Gasteiger partial charge in [0.05, 0.1) is 7.11 Å². The Bertz CT molecular complexity index is 1150. The van der Waals surface area contributed by atoms with Gasteiger partial charge in [-0.15, -0.1) is 0 Å². The molecule has 3 N–H and O–H groups in total. The lowest BCUT2D eigenvalue weighted by Gasteiger charge is -2.13. The summed E-state index contributed by atoms with van der Waals surface area (Å²) in [5.74, 6) is 0.433.